The molecular formula is C28H31ClFN3O4S. The van der Waals surface area contributed by atoms with Crippen molar-refractivity contribution >= 4 is 39.1 Å². The van der Waals surface area contributed by atoms with E-state index >= 15 is 0 Å². The summed E-state index contributed by atoms with van der Waals surface area (Å²) in [6.45, 7) is 6.29. The van der Waals surface area contributed by atoms with E-state index in [1.54, 1.807) is 44.2 Å². The molecule has 7 nitrogen and oxygen atoms in total. The Morgan fingerprint density at radius 3 is 2.32 bits per heavy atom. The molecule has 0 saturated heterocycles. The van der Waals surface area contributed by atoms with Crippen LogP contribution in [0.4, 0.5) is 10.1 Å². The van der Waals surface area contributed by atoms with Gasteiger partial charge < -0.3 is 10.2 Å². The molecule has 0 aliphatic rings. The molecule has 1 atom stereocenters. The summed E-state index contributed by atoms with van der Waals surface area (Å²) in [6.07, 6.45) is 0. The Morgan fingerprint density at radius 1 is 1.03 bits per heavy atom. The van der Waals surface area contributed by atoms with Gasteiger partial charge in [-0.05, 0) is 63.6 Å². The van der Waals surface area contributed by atoms with Gasteiger partial charge in [0.2, 0.25) is 11.8 Å². The van der Waals surface area contributed by atoms with E-state index in [1.165, 1.54) is 48.2 Å². The van der Waals surface area contributed by atoms with E-state index in [2.05, 4.69) is 5.32 Å². The summed E-state index contributed by atoms with van der Waals surface area (Å²) in [5, 5.41) is 2.96. The normalized spacial score (nSPS) is 12.1. The van der Waals surface area contributed by atoms with E-state index in [0.29, 0.717) is 17.1 Å². The molecule has 202 valence electrons. The van der Waals surface area contributed by atoms with Crippen molar-refractivity contribution in [3.63, 3.8) is 0 Å². The van der Waals surface area contributed by atoms with Crippen molar-refractivity contribution in [1.29, 1.82) is 0 Å². The first kappa shape index (κ1) is 29.1. The number of likely N-dealkylation sites (N-methyl/N-ethyl adjacent to an activating group) is 1. The van der Waals surface area contributed by atoms with Crippen LogP contribution in [0, 0.1) is 19.7 Å². The number of carbonyl (C=O) groups excluding carboxylic acids is 2. The number of benzene rings is 3. The minimum atomic E-state index is -4.22. The molecule has 0 fully saturated rings. The first-order valence-electron chi connectivity index (χ1n) is 12.1. The molecule has 10 heteroatoms. The Morgan fingerprint density at radius 2 is 1.68 bits per heavy atom. The van der Waals surface area contributed by atoms with Crippen LogP contribution in [0.25, 0.3) is 0 Å². The van der Waals surface area contributed by atoms with E-state index in [0.717, 1.165) is 9.87 Å². The molecule has 3 aromatic carbocycles. The number of halogens is 2. The zero-order valence-corrected chi connectivity index (χ0v) is 23.3. The first-order valence-corrected chi connectivity index (χ1v) is 13.9. The average molecular weight is 560 g/mol. The number of sulfonamides is 1. The minimum absolute atomic E-state index is 0.00676. The number of hydrogen-bond donors (Lipinski definition) is 1. The van der Waals surface area contributed by atoms with Crippen LogP contribution >= 0.6 is 11.6 Å². The van der Waals surface area contributed by atoms with Crippen molar-refractivity contribution in [2.24, 2.45) is 0 Å². The van der Waals surface area contributed by atoms with Gasteiger partial charge in [0.15, 0.2) is 0 Å². The van der Waals surface area contributed by atoms with Gasteiger partial charge in [-0.2, -0.15) is 0 Å². The largest absolute Gasteiger partial charge is 0.355 e. The molecule has 0 saturated carbocycles. The number of anilines is 1. The summed E-state index contributed by atoms with van der Waals surface area (Å²) < 4.78 is 43.2. The van der Waals surface area contributed by atoms with Gasteiger partial charge in [-0.15, -0.1) is 0 Å². The standard InChI is InChI=1S/C28H31ClFN3O4S/c1-5-31-28(35)21(4)32(17-22-8-6-7-9-25(22)30)27(34)18-33(26-16-23(29)13-12-20(26)3)38(36,37)24-14-10-19(2)11-15-24/h6-16,21H,5,17-18H2,1-4H3,(H,31,35)/t21-/m1/s1. The number of carbonyl (C=O) groups is 2. The van der Waals surface area contributed by atoms with Crippen LogP contribution in [-0.4, -0.2) is 44.3 Å². The average Bonchev–Trinajstić information content (AvgIpc) is 2.88. The van der Waals surface area contributed by atoms with Crippen LogP contribution in [0.2, 0.25) is 5.02 Å². The van der Waals surface area contributed by atoms with Gasteiger partial charge in [-0.25, -0.2) is 12.8 Å². The van der Waals surface area contributed by atoms with Crippen molar-refractivity contribution in [3.05, 3.63) is 94.3 Å². The van der Waals surface area contributed by atoms with E-state index in [1.807, 2.05) is 6.92 Å². The molecule has 2 amide bonds. The maximum Gasteiger partial charge on any atom is 0.264 e. The van der Waals surface area contributed by atoms with Gasteiger partial charge in [0, 0.05) is 23.7 Å². The van der Waals surface area contributed by atoms with Crippen molar-refractivity contribution in [2.45, 2.75) is 45.2 Å². The minimum Gasteiger partial charge on any atom is -0.355 e. The van der Waals surface area contributed by atoms with Crippen LogP contribution < -0.4 is 9.62 Å². The molecule has 0 heterocycles. The topological polar surface area (TPSA) is 86.8 Å². The fourth-order valence-electron chi connectivity index (χ4n) is 3.92. The molecule has 0 spiro atoms. The smallest absolute Gasteiger partial charge is 0.264 e. The van der Waals surface area contributed by atoms with E-state index in [-0.39, 0.29) is 22.7 Å². The number of rotatable bonds is 10. The lowest BCUT2D eigenvalue weighted by molar-refractivity contribution is -0.139. The Bertz CT molecular complexity index is 1410. The lowest BCUT2D eigenvalue weighted by atomic mass is 10.1. The van der Waals surface area contributed by atoms with E-state index < -0.39 is 40.2 Å². The second-order valence-corrected chi connectivity index (χ2v) is 11.2. The highest BCUT2D eigenvalue weighted by Gasteiger charge is 2.33. The Labute approximate surface area is 228 Å². The van der Waals surface area contributed by atoms with Crippen molar-refractivity contribution in [2.75, 3.05) is 17.4 Å². The molecule has 1 N–H and O–H groups in total. The van der Waals surface area contributed by atoms with Crippen LogP contribution in [0.3, 0.4) is 0 Å². The fourth-order valence-corrected chi connectivity index (χ4v) is 5.55. The van der Waals surface area contributed by atoms with E-state index in [4.69, 9.17) is 11.6 Å². The lowest BCUT2D eigenvalue weighted by Crippen LogP contribution is -2.51. The maximum atomic E-state index is 14.5. The third-order valence-electron chi connectivity index (χ3n) is 6.14. The van der Waals surface area contributed by atoms with Gasteiger partial charge in [-0.1, -0.05) is 53.6 Å². The number of aryl methyl sites for hydroxylation is 2. The number of hydrogen-bond acceptors (Lipinski definition) is 4. The van der Waals surface area contributed by atoms with Gasteiger partial charge in [0.1, 0.15) is 18.4 Å². The molecule has 0 unspecified atom stereocenters. The van der Waals surface area contributed by atoms with Crippen LogP contribution in [0.5, 0.6) is 0 Å². The molecule has 0 aromatic heterocycles. The van der Waals surface area contributed by atoms with Crippen molar-refractivity contribution in [1.82, 2.24) is 10.2 Å². The summed E-state index contributed by atoms with van der Waals surface area (Å²) in [4.78, 5) is 27.7. The highest BCUT2D eigenvalue weighted by Crippen LogP contribution is 2.30. The summed E-state index contributed by atoms with van der Waals surface area (Å²) >= 11 is 6.22. The zero-order valence-electron chi connectivity index (χ0n) is 21.7. The maximum absolute atomic E-state index is 14.5. The van der Waals surface area contributed by atoms with Crippen LogP contribution in [0.1, 0.15) is 30.5 Å². The predicted molar refractivity (Wildman–Crippen MR) is 147 cm³/mol. The molecule has 0 radical (unpaired) electrons. The van der Waals surface area contributed by atoms with Crippen LogP contribution in [-0.2, 0) is 26.2 Å². The summed E-state index contributed by atoms with van der Waals surface area (Å²) in [5.74, 6) is -1.66. The fraction of sp³-hybridized carbons (Fsp3) is 0.286. The van der Waals surface area contributed by atoms with Gasteiger partial charge in [-0.3, -0.25) is 13.9 Å². The molecule has 3 rings (SSSR count). The first-order chi connectivity index (χ1) is 17.9. The predicted octanol–water partition coefficient (Wildman–Crippen LogP) is 4.84. The number of nitrogens with zero attached hydrogens (tertiary/aromatic N) is 2. The molecular weight excluding hydrogens is 529 g/mol. The van der Waals surface area contributed by atoms with Crippen LogP contribution in [0.15, 0.2) is 71.6 Å². The quantitative estimate of drug-likeness (QED) is 0.385. The Kier molecular flexibility index (Phi) is 9.51. The second-order valence-electron chi connectivity index (χ2n) is 8.94. The molecule has 38 heavy (non-hydrogen) atoms. The molecule has 0 aliphatic carbocycles. The Hall–Kier alpha value is -3.43. The second kappa shape index (κ2) is 12.4. The summed E-state index contributed by atoms with van der Waals surface area (Å²) in [7, 11) is -4.22. The number of amides is 2. The zero-order chi connectivity index (χ0) is 28.0. The van der Waals surface area contributed by atoms with E-state index in [9.17, 15) is 22.4 Å². The van der Waals surface area contributed by atoms with Gasteiger partial charge in [0.25, 0.3) is 10.0 Å². The van der Waals surface area contributed by atoms with Gasteiger partial charge >= 0.3 is 0 Å². The SMILES string of the molecule is CCNC(=O)[C@@H](C)N(Cc1ccccc1F)C(=O)CN(c1cc(Cl)ccc1C)S(=O)(=O)c1ccc(C)cc1. The Balaban J connectivity index is 2.09. The lowest BCUT2D eigenvalue weighted by Gasteiger charge is -2.32. The highest BCUT2D eigenvalue weighted by molar-refractivity contribution is 7.92. The number of nitrogens with one attached hydrogen (secondary N) is 1. The monoisotopic (exact) mass is 559 g/mol. The van der Waals surface area contributed by atoms with Crippen molar-refractivity contribution < 1.29 is 22.4 Å². The third kappa shape index (κ3) is 6.71. The summed E-state index contributed by atoms with van der Waals surface area (Å²) in [6, 6.07) is 16.0. The summed E-state index contributed by atoms with van der Waals surface area (Å²) in [5.41, 5.74) is 1.87. The highest BCUT2D eigenvalue weighted by atomic mass is 35.5. The van der Waals surface area contributed by atoms with Crippen molar-refractivity contribution in [3.8, 4) is 0 Å². The molecule has 0 aliphatic heterocycles. The van der Waals surface area contributed by atoms with Gasteiger partial charge in [0.05, 0.1) is 10.6 Å². The third-order valence-corrected chi connectivity index (χ3v) is 8.15. The molecule has 0 bridgehead atoms. The molecule has 3 aromatic rings.